The number of likely N-dealkylation sites (tertiary alicyclic amines) is 1. The van der Waals surface area contributed by atoms with Gasteiger partial charge in [0.1, 0.15) is 0 Å². The number of nitrogens with zero attached hydrogens (tertiary/aromatic N) is 2. The standard InChI is InChI=1S/C18H20N2/c1-3-9-17-15(7-1)16-8-2-4-10-18(16)20(17)14-13-19-11-5-6-12-19/h1-4,7-10H,5-6,11-14H2. The Bertz CT molecular complexity index is 682. The molecule has 2 heterocycles. The van der Waals surface area contributed by atoms with E-state index in [9.17, 15) is 0 Å². The number of benzene rings is 2. The van der Waals surface area contributed by atoms with Crippen LogP contribution in [0.4, 0.5) is 0 Å². The molecule has 102 valence electrons. The van der Waals surface area contributed by atoms with Crippen LogP contribution in [0.2, 0.25) is 0 Å². The van der Waals surface area contributed by atoms with E-state index in [1.54, 1.807) is 0 Å². The highest BCUT2D eigenvalue weighted by Crippen LogP contribution is 2.28. The molecule has 0 bridgehead atoms. The molecule has 0 amide bonds. The van der Waals surface area contributed by atoms with Gasteiger partial charge in [-0.25, -0.2) is 0 Å². The molecule has 1 aromatic heterocycles. The van der Waals surface area contributed by atoms with Gasteiger partial charge in [-0.1, -0.05) is 36.4 Å². The summed E-state index contributed by atoms with van der Waals surface area (Å²) >= 11 is 0. The summed E-state index contributed by atoms with van der Waals surface area (Å²) in [6.45, 7) is 4.81. The molecule has 0 radical (unpaired) electrons. The Kier molecular flexibility index (Phi) is 2.96. The van der Waals surface area contributed by atoms with Gasteiger partial charge in [0.25, 0.3) is 0 Å². The van der Waals surface area contributed by atoms with E-state index in [1.165, 1.54) is 54.3 Å². The van der Waals surface area contributed by atoms with E-state index >= 15 is 0 Å². The van der Waals surface area contributed by atoms with Gasteiger partial charge in [-0.05, 0) is 38.1 Å². The van der Waals surface area contributed by atoms with Crippen molar-refractivity contribution in [1.29, 1.82) is 0 Å². The summed E-state index contributed by atoms with van der Waals surface area (Å²) in [7, 11) is 0. The minimum atomic E-state index is 1.09. The molecule has 20 heavy (non-hydrogen) atoms. The summed E-state index contributed by atoms with van der Waals surface area (Å²) in [5.41, 5.74) is 2.74. The van der Waals surface area contributed by atoms with E-state index in [0.717, 1.165) is 6.54 Å². The van der Waals surface area contributed by atoms with Gasteiger partial charge in [-0.3, -0.25) is 0 Å². The third-order valence-corrected chi connectivity index (χ3v) is 4.52. The van der Waals surface area contributed by atoms with Gasteiger partial charge >= 0.3 is 0 Å². The first kappa shape index (κ1) is 12.0. The van der Waals surface area contributed by atoms with Crippen molar-refractivity contribution in [3.05, 3.63) is 48.5 Å². The molecule has 0 atom stereocenters. The van der Waals surface area contributed by atoms with Gasteiger partial charge in [0, 0.05) is 34.9 Å². The van der Waals surface area contributed by atoms with Crippen molar-refractivity contribution in [2.45, 2.75) is 19.4 Å². The number of fused-ring (bicyclic) bond motifs is 3. The Labute approximate surface area is 119 Å². The van der Waals surface area contributed by atoms with Crippen molar-refractivity contribution in [3.8, 4) is 0 Å². The van der Waals surface area contributed by atoms with Gasteiger partial charge in [0.15, 0.2) is 0 Å². The zero-order valence-electron chi connectivity index (χ0n) is 11.8. The van der Waals surface area contributed by atoms with Gasteiger partial charge in [-0.2, -0.15) is 0 Å². The SMILES string of the molecule is c1ccc2c(c1)c1ccccc1n2CCN1CCCC1. The normalized spacial score (nSPS) is 16.4. The number of aromatic nitrogens is 1. The molecule has 1 aliphatic heterocycles. The summed E-state index contributed by atoms with van der Waals surface area (Å²) in [4.78, 5) is 2.59. The fourth-order valence-electron chi connectivity index (χ4n) is 3.49. The molecule has 3 aromatic rings. The predicted octanol–water partition coefficient (Wildman–Crippen LogP) is 3.89. The second-order valence-corrected chi connectivity index (χ2v) is 5.73. The molecule has 2 heteroatoms. The van der Waals surface area contributed by atoms with Crippen molar-refractivity contribution in [1.82, 2.24) is 9.47 Å². The molecule has 0 saturated carbocycles. The highest BCUT2D eigenvalue weighted by molar-refractivity contribution is 6.07. The van der Waals surface area contributed by atoms with Gasteiger partial charge < -0.3 is 9.47 Å². The molecule has 1 saturated heterocycles. The maximum absolute atomic E-state index is 2.59. The van der Waals surface area contributed by atoms with Crippen molar-refractivity contribution in [2.24, 2.45) is 0 Å². The Morgan fingerprint density at radius 2 is 1.25 bits per heavy atom. The average Bonchev–Trinajstić information content (AvgIpc) is 3.11. The summed E-state index contributed by atoms with van der Waals surface area (Å²) in [5.74, 6) is 0. The van der Waals surface area contributed by atoms with E-state index in [0.29, 0.717) is 0 Å². The molecular formula is C18H20N2. The van der Waals surface area contributed by atoms with Crippen molar-refractivity contribution >= 4 is 21.8 Å². The largest absolute Gasteiger partial charge is 0.339 e. The van der Waals surface area contributed by atoms with Crippen LogP contribution in [0, 0.1) is 0 Å². The van der Waals surface area contributed by atoms with E-state index in [-0.39, 0.29) is 0 Å². The van der Waals surface area contributed by atoms with E-state index in [2.05, 4.69) is 58.0 Å². The summed E-state index contributed by atoms with van der Waals surface area (Å²) in [6, 6.07) is 17.5. The third-order valence-electron chi connectivity index (χ3n) is 4.52. The fraction of sp³-hybridized carbons (Fsp3) is 0.333. The van der Waals surface area contributed by atoms with Crippen molar-refractivity contribution < 1.29 is 0 Å². The minimum absolute atomic E-state index is 1.09. The number of rotatable bonds is 3. The van der Waals surface area contributed by atoms with Crippen LogP contribution >= 0.6 is 0 Å². The van der Waals surface area contributed by atoms with Crippen LogP contribution in [0.1, 0.15) is 12.8 Å². The van der Waals surface area contributed by atoms with Gasteiger partial charge in [-0.15, -0.1) is 0 Å². The maximum atomic E-state index is 2.59. The minimum Gasteiger partial charge on any atom is -0.339 e. The molecule has 1 fully saturated rings. The Morgan fingerprint density at radius 1 is 0.700 bits per heavy atom. The van der Waals surface area contributed by atoms with Crippen LogP contribution in [0.3, 0.4) is 0 Å². The van der Waals surface area contributed by atoms with E-state index in [1.807, 2.05) is 0 Å². The van der Waals surface area contributed by atoms with Crippen LogP contribution < -0.4 is 0 Å². The quantitative estimate of drug-likeness (QED) is 0.696. The van der Waals surface area contributed by atoms with Crippen molar-refractivity contribution in [2.75, 3.05) is 19.6 Å². The molecule has 0 aliphatic carbocycles. The van der Waals surface area contributed by atoms with Crippen LogP contribution in [0.5, 0.6) is 0 Å². The summed E-state index contributed by atoms with van der Waals surface area (Å²) in [5, 5.41) is 2.76. The third kappa shape index (κ3) is 1.92. The molecule has 0 N–H and O–H groups in total. The first-order valence-electron chi connectivity index (χ1n) is 7.62. The highest BCUT2D eigenvalue weighted by Gasteiger charge is 2.13. The highest BCUT2D eigenvalue weighted by atomic mass is 15.2. The van der Waals surface area contributed by atoms with E-state index < -0.39 is 0 Å². The first-order chi connectivity index (χ1) is 9.93. The lowest BCUT2D eigenvalue weighted by atomic mass is 10.2. The molecule has 2 aromatic carbocycles. The average molecular weight is 264 g/mol. The second kappa shape index (κ2) is 4.95. The molecule has 1 aliphatic rings. The maximum Gasteiger partial charge on any atom is 0.0491 e. The summed E-state index contributed by atoms with van der Waals surface area (Å²) < 4.78 is 2.49. The Balaban J connectivity index is 1.78. The first-order valence-corrected chi connectivity index (χ1v) is 7.62. The van der Waals surface area contributed by atoms with Crippen molar-refractivity contribution in [3.63, 3.8) is 0 Å². The Hall–Kier alpha value is -1.80. The topological polar surface area (TPSA) is 8.17 Å². The lowest BCUT2D eigenvalue weighted by Crippen LogP contribution is -2.23. The lowest BCUT2D eigenvalue weighted by Gasteiger charge is -2.16. The zero-order chi connectivity index (χ0) is 13.4. The van der Waals surface area contributed by atoms with Crippen LogP contribution in [0.15, 0.2) is 48.5 Å². The monoisotopic (exact) mass is 264 g/mol. The zero-order valence-corrected chi connectivity index (χ0v) is 11.8. The molecule has 0 unspecified atom stereocenters. The molecule has 2 nitrogen and oxygen atoms in total. The van der Waals surface area contributed by atoms with Crippen LogP contribution in [-0.4, -0.2) is 29.1 Å². The number of hydrogen-bond donors (Lipinski definition) is 0. The molecule has 0 spiro atoms. The van der Waals surface area contributed by atoms with E-state index in [4.69, 9.17) is 0 Å². The summed E-state index contributed by atoms with van der Waals surface area (Å²) in [6.07, 6.45) is 2.74. The van der Waals surface area contributed by atoms with Crippen LogP contribution in [-0.2, 0) is 6.54 Å². The van der Waals surface area contributed by atoms with Crippen LogP contribution in [0.25, 0.3) is 21.8 Å². The number of para-hydroxylation sites is 2. The second-order valence-electron chi connectivity index (χ2n) is 5.73. The smallest absolute Gasteiger partial charge is 0.0491 e. The molecular weight excluding hydrogens is 244 g/mol. The Morgan fingerprint density at radius 3 is 1.85 bits per heavy atom. The fourth-order valence-corrected chi connectivity index (χ4v) is 3.49. The van der Waals surface area contributed by atoms with Gasteiger partial charge in [0.05, 0.1) is 0 Å². The predicted molar refractivity (Wildman–Crippen MR) is 85.1 cm³/mol. The lowest BCUT2D eigenvalue weighted by molar-refractivity contribution is 0.326. The number of hydrogen-bond acceptors (Lipinski definition) is 1. The molecule has 4 rings (SSSR count). The van der Waals surface area contributed by atoms with Gasteiger partial charge in [0.2, 0.25) is 0 Å².